The van der Waals surface area contributed by atoms with E-state index in [1.807, 2.05) is 23.1 Å². The molecule has 2 aliphatic rings. The van der Waals surface area contributed by atoms with Crippen LogP contribution in [0.3, 0.4) is 0 Å². The Morgan fingerprint density at radius 1 is 1.19 bits per heavy atom. The fourth-order valence-electron chi connectivity index (χ4n) is 4.20. The van der Waals surface area contributed by atoms with Crippen molar-refractivity contribution in [3.05, 3.63) is 35.9 Å². The number of carbonyl (C=O) groups is 2. The van der Waals surface area contributed by atoms with Gasteiger partial charge in [-0.05, 0) is 45.3 Å². The zero-order valence-corrected chi connectivity index (χ0v) is 16.1. The van der Waals surface area contributed by atoms with Crippen molar-refractivity contribution in [3.8, 4) is 0 Å². The van der Waals surface area contributed by atoms with Crippen molar-refractivity contribution in [2.24, 2.45) is 5.92 Å². The summed E-state index contributed by atoms with van der Waals surface area (Å²) in [5.74, 6) is 0.147. The fraction of sp³-hybridized carbons (Fsp3) is 0.619. The second kappa shape index (κ2) is 8.67. The van der Waals surface area contributed by atoms with Crippen LogP contribution >= 0.6 is 0 Å². The number of benzene rings is 1. The average molecular weight is 357 g/mol. The van der Waals surface area contributed by atoms with Gasteiger partial charge in [0.05, 0.1) is 5.92 Å². The highest BCUT2D eigenvalue weighted by Crippen LogP contribution is 2.25. The number of rotatable bonds is 6. The van der Waals surface area contributed by atoms with E-state index in [-0.39, 0.29) is 17.7 Å². The Kier molecular flexibility index (Phi) is 6.30. The third kappa shape index (κ3) is 4.64. The second-order valence-electron chi connectivity index (χ2n) is 7.92. The number of hydrogen-bond acceptors (Lipinski definition) is 3. The highest BCUT2D eigenvalue weighted by atomic mass is 16.2. The highest BCUT2D eigenvalue weighted by Gasteiger charge is 2.38. The maximum Gasteiger partial charge on any atom is 0.228 e. The molecule has 0 bridgehead atoms. The Hall–Kier alpha value is -1.88. The minimum Gasteiger partial charge on any atom is -0.342 e. The number of piperidine rings is 1. The molecule has 0 radical (unpaired) electrons. The normalized spacial score (nSPS) is 23.7. The van der Waals surface area contributed by atoms with Crippen molar-refractivity contribution in [2.75, 3.05) is 40.3 Å². The molecule has 1 aromatic carbocycles. The molecule has 2 aliphatic heterocycles. The number of carbonyl (C=O) groups excluding carboxylic acids is 2. The maximum atomic E-state index is 13.1. The molecule has 0 unspecified atom stereocenters. The van der Waals surface area contributed by atoms with Crippen molar-refractivity contribution in [1.82, 2.24) is 14.7 Å². The summed E-state index contributed by atoms with van der Waals surface area (Å²) in [5, 5.41) is 0. The van der Waals surface area contributed by atoms with E-state index in [1.54, 1.807) is 0 Å². The molecule has 1 aromatic rings. The van der Waals surface area contributed by atoms with Crippen LogP contribution in [0.5, 0.6) is 0 Å². The maximum absolute atomic E-state index is 13.1. The van der Waals surface area contributed by atoms with Gasteiger partial charge in [-0.2, -0.15) is 0 Å². The minimum atomic E-state index is -0.166. The second-order valence-corrected chi connectivity index (χ2v) is 7.92. The van der Waals surface area contributed by atoms with Gasteiger partial charge in [0.2, 0.25) is 11.8 Å². The van der Waals surface area contributed by atoms with Crippen LogP contribution in [0.25, 0.3) is 0 Å². The number of likely N-dealkylation sites (N-methyl/N-ethyl adjacent to an activating group) is 1. The molecule has 2 heterocycles. The molecule has 0 N–H and O–H groups in total. The molecule has 0 saturated carbocycles. The molecule has 3 rings (SSSR count). The molecule has 26 heavy (non-hydrogen) atoms. The Bertz CT molecular complexity index is 617. The van der Waals surface area contributed by atoms with Gasteiger partial charge in [-0.15, -0.1) is 0 Å². The Morgan fingerprint density at radius 2 is 1.96 bits per heavy atom. The lowest BCUT2D eigenvalue weighted by atomic mass is 9.98. The van der Waals surface area contributed by atoms with Crippen molar-refractivity contribution in [3.63, 3.8) is 0 Å². The van der Waals surface area contributed by atoms with E-state index in [1.165, 1.54) is 12.0 Å². The van der Waals surface area contributed by atoms with Crippen LogP contribution in [0, 0.1) is 5.92 Å². The van der Waals surface area contributed by atoms with E-state index in [9.17, 15) is 9.59 Å². The average Bonchev–Trinajstić information content (AvgIpc) is 3.01. The number of amides is 2. The van der Waals surface area contributed by atoms with E-state index in [0.29, 0.717) is 25.6 Å². The Balaban J connectivity index is 1.57. The number of nitrogens with zero attached hydrogens (tertiary/aromatic N) is 3. The molecule has 5 heteroatoms. The fourth-order valence-corrected chi connectivity index (χ4v) is 4.20. The van der Waals surface area contributed by atoms with Gasteiger partial charge in [-0.3, -0.25) is 9.59 Å². The number of hydrogen-bond donors (Lipinski definition) is 0. The molecule has 0 aromatic heterocycles. The van der Waals surface area contributed by atoms with E-state index >= 15 is 0 Å². The summed E-state index contributed by atoms with van der Waals surface area (Å²) in [4.78, 5) is 31.6. The van der Waals surface area contributed by atoms with Crippen LogP contribution in [0.1, 0.15) is 31.2 Å². The summed E-state index contributed by atoms with van der Waals surface area (Å²) in [6, 6.07) is 10.5. The molecule has 2 amide bonds. The van der Waals surface area contributed by atoms with Crippen LogP contribution in [-0.2, 0) is 16.0 Å². The zero-order chi connectivity index (χ0) is 18.5. The summed E-state index contributed by atoms with van der Waals surface area (Å²) in [6.45, 7) is 3.03. The van der Waals surface area contributed by atoms with E-state index in [4.69, 9.17) is 0 Å². The van der Waals surface area contributed by atoms with Gasteiger partial charge in [0.15, 0.2) is 0 Å². The molecule has 2 atom stereocenters. The van der Waals surface area contributed by atoms with Crippen molar-refractivity contribution in [2.45, 2.75) is 38.1 Å². The molecule has 2 saturated heterocycles. The molecule has 0 spiro atoms. The molecule has 2 fully saturated rings. The van der Waals surface area contributed by atoms with Crippen molar-refractivity contribution < 1.29 is 9.59 Å². The molecule has 142 valence electrons. The summed E-state index contributed by atoms with van der Waals surface area (Å²) < 4.78 is 0. The lowest BCUT2D eigenvalue weighted by Crippen LogP contribution is -2.50. The lowest BCUT2D eigenvalue weighted by Gasteiger charge is -2.38. The van der Waals surface area contributed by atoms with Crippen LogP contribution in [0.15, 0.2) is 30.3 Å². The summed E-state index contributed by atoms with van der Waals surface area (Å²) in [6.07, 6.45) is 4.56. The van der Waals surface area contributed by atoms with E-state index in [2.05, 4.69) is 36.0 Å². The third-order valence-electron chi connectivity index (χ3n) is 5.56. The van der Waals surface area contributed by atoms with Gasteiger partial charge in [0, 0.05) is 38.6 Å². The quantitative estimate of drug-likeness (QED) is 0.782. The van der Waals surface area contributed by atoms with Crippen LogP contribution in [0.2, 0.25) is 0 Å². The first-order valence-corrected chi connectivity index (χ1v) is 9.81. The summed E-state index contributed by atoms with van der Waals surface area (Å²) >= 11 is 0. The monoisotopic (exact) mass is 357 g/mol. The predicted octanol–water partition coefficient (Wildman–Crippen LogP) is 2.02. The van der Waals surface area contributed by atoms with E-state index in [0.717, 1.165) is 32.4 Å². The van der Waals surface area contributed by atoms with Crippen molar-refractivity contribution in [1.29, 1.82) is 0 Å². The van der Waals surface area contributed by atoms with Gasteiger partial charge in [0.25, 0.3) is 0 Å². The third-order valence-corrected chi connectivity index (χ3v) is 5.56. The van der Waals surface area contributed by atoms with Gasteiger partial charge in [-0.1, -0.05) is 30.3 Å². The predicted molar refractivity (Wildman–Crippen MR) is 103 cm³/mol. The molecule has 5 nitrogen and oxygen atoms in total. The first-order valence-electron chi connectivity index (χ1n) is 9.81. The van der Waals surface area contributed by atoms with Crippen LogP contribution in [-0.4, -0.2) is 72.8 Å². The highest BCUT2D eigenvalue weighted by molar-refractivity contribution is 5.89. The van der Waals surface area contributed by atoms with E-state index < -0.39 is 0 Å². The van der Waals surface area contributed by atoms with Gasteiger partial charge in [0.1, 0.15) is 0 Å². The van der Waals surface area contributed by atoms with Crippen molar-refractivity contribution >= 4 is 11.8 Å². The minimum absolute atomic E-state index is 0.125. The Morgan fingerprint density at radius 3 is 2.69 bits per heavy atom. The first kappa shape index (κ1) is 18.9. The molecular weight excluding hydrogens is 326 g/mol. The zero-order valence-electron chi connectivity index (χ0n) is 16.1. The topological polar surface area (TPSA) is 43.9 Å². The Labute approximate surface area is 156 Å². The molecular formula is C21H31N3O2. The number of likely N-dealkylation sites (tertiary alicyclic amines) is 2. The summed E-state index contributed by atoms with van der Waals surface area (Å²) in [5.41, 5.74) is 1.23. The van der Waals surface area contributed by atoms with Gasteiger partial charge in [-0.25, -0.2) is 0 Å². The van der Waals surface area contributed by atoms with Gasteiger partial charge >= 0.3 is 0 Å². The summed E-state index contributed by atoms with van der Waals surface area (Å²) in [7, 11) is 4.11. The van der Waals surface area contributed by atoms with Gasteiger partial charge < -0.3 is 14.7 Å². The first-order chi connectivity index (χ1) is 12.5. The smallest absolute Gasteiger partial charge is 0.228 e. The lowest BCUT2D eigenvalue weighted by molar-refractivity contribution is -0.139. The van der Waals surface area contributed by atoms with Crippen LogP contribution < -0.4 is 0 Å². The SMILES string of the molecule is CN(C)C[C@H]1CCCCN1C(=O)[C@@H]1CC(=O)N(CCc2ccccc2)C1. The molecule has 0 aliphatic carbocycles. The standard InChI is InChI=1S/C21H31N3O2/c1-22(2)16-19-10-6-7-12-24(19)21(26)18-14-20(25)23(15-18)13-11-17-8-4-3-5-9-17/h3-5,8-9,18-19H,6-7,10-16H2,1-2H3/t18-,19-/m1/s1. The van der Waals surface area contributed by atoms with Crippen LogP contribution in [0.4, 0.5) is 0 Å². The largest absolute Gasteiger partial charge is 0.342 e.